The van der Waals surface area contributed by atoms with Crippen LogP contribution in [-0.2, 0) is 16.1 Å². The first-order valence-electron chi connectivity index (χ1n) is 9.98. The fourth-order valence-corrected chi connectivity index (χ4v) is 3.86. The van der Waals surface area contributed by atoms with Gasteiger partial charge in [0.1, 0.15) is 0 Å². The standard InChI is InChI=1S/C20H28N6O3S/c1-14(2)12-26-19(25-7-9-29-10-8-25)23-24-20(26)30-13-17(27)22-16-6-4-5-15(11-16)18(28)21-3/h4-6,11,14H,7-10,12-13H2,1-3H3,(H,21,28)(H,22,27). The van der Waals surface area contributed by atoms with E-state index in [1.54, 1.807) is 31.3 Å². The number of thioether (sulfide) groups is 1. The van der Waals surface area contributed by atoms with Crippen LogP contribution in [0.4, 0.5) is 11.6 Å². The van der Waals surface area contributed by atoms with Gasteiger partial charge in [0.15, 0.2) is 5.16 Å². The second-order valence-electron chi connectivity index (χ2n) is 7.38. The van der Waals surface area contributed by atoms with Gasteiger partial charge < -0.3 is 20.3 Å². The Kier molecular flexibility index (Phi) is 7.69. The number of nitrogens with one attached hydrogen (secondary N) is 2. The average molecular weight is 433 g/mol. The maximum atomic E-state index is 12.5. The Bertz CT molecular complexity index is 879. The number of nitrogens with zero attached hydrogens (tertiary/aromatic N) is 4. The van der Waals surface area contributed by atoms with E-state index in [0.29, 0.717) is 30.4 Å². The lowest BCUT2D eigenvalue weighted by Gasteiger charge is -2.28. The molecule has 3 rings (SSSR count). The molecule has 0 unspecified atom stereocenters. The van der Waals surface area contributed by atoms with E-state index >= 15 is 0 Å². The summed E-state index contributed by atoms with van der Waals surface area (Å²) in [7, 11) is 1.57. The van der Waals surface area contributed by atoms with Crippen LogP contribution in [0, 0.1) is 5.92 Å². The van der Waals surface area contributed by atoms with Crippen molar-refractivity contribution >= 4 is 35.2 Å². The van der Waals surface area contributed by atoms with Gasteiger partial charge in [-0.05, 0) is 24.1 Å². The van der Waals surface area contributed by atoms with Crippen molar-refractivity contribution in [2.24, 2.45) is 5.92 Å². The second-order valence-corrected chi connectivity index (χ2v) is 8.33. The van der Waals surface area contributed by atoms with Gasteiger partial charge in [-0.25, -0.2) is 0 Å². The highest BCUT2D eigenvalue weighted by Gasteiger charge is 2.21. The number of anilines is 2. The molecule has 10 heteroatoms. The Morgan fingerprint density at radius 1 is 1.23 bits per heavy atom. The van der Waals surface area contributed by atoms with Crippen molar-refractivity contribution in [2.45, 2.75) is 25.5 Å². The van der Waals surface area contributed by atoms with Crippen molar-refractivity contribution < 1.29 is 14.3 Å². The molecular formula is C20H28N6O3S. The number of morpholine rings is 1. The molecule has 1 fully saturated rings. The van der Waals surface area contributed by atoms with E-state index in [4.69, 9.17) is 4.74 Å². The van der Waals surface area contributed by atoms with Crippen molar-refractivity contribution in [1.82, 2.24) is 20.1 Å². The number of amides is 2. The number of hydrogen-bond donors (Lipinski definition) is 2. The molecule has 2 aromatic rings. The lowest BCUT2D eigenvalue weighted by Crippen LogP contribution is -2.38. The Morgan fingerprint density at radius 3 is 2.70 bits per heavy atom. The maximum absolute atomic E-state index is 12.5. The van der Waals surface area contributed by atoms with E-state index in [0.717, 1.165) is 30.7 Å². The van der Waals surface area contributed by atoms with E-state index in [1.807, 2.05) is 0 Å². The Balaban J connectivity index is 1.65. The van der Waals surface area contributed by atoms with E-state index < -0.39 is 0 Å². The van der Waals surface area contributed by atoms with Crippen molar-refractivity contribution in [1.29, 1.82) is 0 Å². The number of aromatic nitrogens is 3. The Labute approximate surface area is 180 Å². The number of benzene rings is 1. The van der Waals surface area contributed by atoms with Gasteiger partial charge in [-0.15, -0.1) is 10.2 Å². The van der Waals surface area contributed by atoms with Gasteiger partial charge in [-0.3, -0.25) is 14.2 Å². The summed E-state index contributed by atoms with van der Waals surface area (Å²) in [5.74, 6) is 1.08. The summed E-state index contributed by atoms with van der Waals surface area (Å²) in [6.07, 6.45) is 0. The molecule has 1 aliphatic rings. The first-order valence-corrected chi connectivity index (χ1v) is 11.0. The molecule has 2 heterocycles. The first-order chi connectivity index (χ1) is 14.5. The van der Waals surface area contributed by atoms with Gasteiger partial charge in [-0.1, -0.05) is 31.7 Å². The number of carbonyl (C=O) groups is 2. The van der Waals surface area contributed by atoms with E-state index in [1.165, 1.54) is 11.8 Å². The van der Waals surface area contributed by atoms with E-state index in [-0.39, 0.29) is 17.6 Å². The molecule has 0 spiro atoms. The smallest absolute Gasteiger partial charge is 0.251 e. The zero-order chi connectivity index (χ0) is 21.5. The molecule has 0 bridgehead atoms. The lowest BCUT2D eigenvalue weighted by molar-refractivity contribution is -0.113. The van der Waals surface area contributed by atoms with Gasteiger partial charge in [0.05, 0.1) is 19.0 Å². The van der Waals surface area contributed by atoms with Crippen molar-refractivity contribution in [3.05, 3.63) is 29.8 Å². The topological polar surface area (TPSA) is 101 Å². The van der Waals surface area contributed by atoms with Crippen LogP contribution in [-0.4, -0.2) is 65.7 Å². The molecule has 0 saturated carbocycles. The summed E-state index contributed by atoms with van der Waals surface area (Å²) in [6.45, 7) is 7.97. The van der Waals surface area contributed by atoms with Crippen LogP contribution in [0.3, 0.4) is 0 Å². The largest absolute Gasteiger partial charge is 0.378 e. The first kappa shape index (κ1) is 22.1. The highest BCUT2D eigenvalue weighted by molar-refractivity contribution is 7.99. The zero-order valence-electron chi connectivity index (χ0n) is 17.6. The minimum absolute atomic E-state index is 0.166. The van der Waals surface area contributed by atoms with Crippen LogP contribution in [0.5, 0.6) is 0 Å². The fourth-order valence-electron chi connectivity index (χ4n) is 3.12. The predicted octanol–water partition coefficient (Wildman–Crippen LogP) is 1.86. The van der Waals surface area contributed by atoms with Gasteiger partial charge in [0, 0.05) is 37.9 Å². The normalized spacial score (nSPS) is 14.1. The summed E-state index contributed by atoms with van der Waals surface area (Å²) >= 11 is 1.36. The highest BCUT2D eigenvalue weighted by atomic mass is 32.2. The average Bonchev–Trinajstić information content (AvgIpc) is 3.14. The van der Waals surface area contributed by atoms with E-state index in [9.17, 15) is 9.59 Å². The second kappa shape index (κ2) is 10.4. The zero-order valence-corrected chi connectivity index (χ0v) is 18.4. The highest BCUT2D eigenvalue weighted by Crippen LogP contribution is 2.24. The predicted molar refractivity (Wildman–Crippen MR) is 117 cm³/mol. The van der Waals surface area contributed by atoms with Gasteiger partial charge in [-0.2, -0.15) is 0 Å². The van der Waals surface area contributed by atoms with Crippen LogP contribution in [0.25, 0.3) is 0 Å². The molecule has 1 aliphatic heterocycles. The Hall–Kier alpha value is -2.59. The Morgan fingerprint density at radius 2 is 2.00 bits per heavy atom. The van der Waals surface area contributed by atoms with E-state index in [2.05, 4.69) is 44.1 Å². The third-order valence-corrected chi connectivity index (χ3v) is 5.47. The number of rotatable bonds is 8. The maximum Gasteiger partial charge on any atom is 0.251 e. The summed E-state index contributed by atoms with van der Waals surface area (Å²) < 4.78 is 7.52. The van der Waals surface area contributed by atoms with Gasteiger partial charge >= 0.3 is 0 Å². The molecule has 1 aromatic heterocycles. The molecule has 162 valence electrons. The molecule has 9 nitrogen and oxygen atoms in total. The van der Waals surface area contributed by atoms with Crippen LogP contribution < -0.4 is 15.5 Å². The molecule has 2 N–H and O–H groups in total. The van der Waals surface area contributed by atoms with Crippen LogP contribution in [0.2, 0.25) is 0 Å². The fraction of sp³-hybridized carbons (Fsp3) is 0.500. The minimum Gasteiger partial charge on any atom is -0.378 e. The van der Waals surface area contributed by atoms with Crippen LogP contribution in [0.15, 0.2) is 29.4 Å². The molecule has 0 atom stereocenters. The molecule has 0 radical (unpaired) electrons. The van der Waals surface area contributed by atoms with Crippen molar-refractivity contribution in [3.8, 4) is 0 Å². The summed E-state index contributed by atoms with van der Waals surface area (Å²) in [6, 6.07) is 6.85. The lowest BCUT2D eigenvalue weighted by atomic mass is 10.2. The monoisotopic (exact) mass is 432 g/mol. The molecule has 30 heavy (non-hydrogen) atoms. The molecule has 1 aromatic carbocycles. The quantitative estimate of drug-likeness (QED) is 0.614. The third-order valence-electron chi connectivity index (χ3n) is 4.51. The molecule has 0 aliphatic carbocycles. The summed E-state index contributed by atoms with van der Waals surface area (Å²) in [4.78, 5) is 26.4. The molecule has 2 amide bonds. The molecule has 1 saturated heterocycles. The van der Waals surface area contributed by atoms with Crippen molar-refractivity contribution in [3.63, 3.8) is 0 Å². The number of ether oxygens (including phenoxy) is 1. The van der Waals surface area contributed by atoms with Gasteiger partial charge in [0.25, 0.3) is 5.91 Å². The third kappa shape index (κ3) is 5.73. The van der Waals surface area contributed by atoms with Crippen LogP contribution >= 0.6 is 11.8 Å². The SMILES string of the molecule is CNC(=O)c1cccc(NC(=O)CSc2nnc(N3CCOCC3)n2CC(C)C)c1. The summed E-state index contributed by atoms with van der Waals surface area (Å²) in [5.41, 5.74) is 1.08. The number of hydrogen-bond acceptors (Lipinski definition) is 7. The minimum atomic E-state index is -0.196. The molecular weight excluding hydrogens is 404 g/mol. The van der Waals surface area contributed by atoms with Crippen LogP contribution in [0.1, 0.15) is 24.2 Å². The van der Waals surface area contributed by atoms with Gasteiger partial charge in [0.2, 0.25) is 11.9 Å². The summed E-state index contributed by atoms with van der Waals surface area (Å²) in [5, 5.41) is 14.8. The number of carbonyl (C=O) groups excluding carboxylic acids is 2. The van der Waals surface area contributed by atoms with Crippen molar-refractivity contribution in [2.75, 3.05) is 49.3 Å².